The van der Waals surface area contributed by atoms with E-state index in [1.807, 2.05) is 0 Å². The second-order valence-electron chi connectivity index (χ2n) is 12.0. The van der Waals surface area contributed by atoms with Crippen LogP contribution in [0.2, 0.25) is 0 Å². The molecule has 2 saturated heterocycles. The summed E-state index contributed by atoms with van der Waals surface area (Å²) in [4.78, 5) is 0. The molecule has 30 heavy (non-hydrogen) atoms. The Hall–Kier alpha value is -0.420. The van der Waals surface area contributed by atoms with Crippen LogP contribution < -0.4 is 0 Å². The lowest BCUT2D eigenvalue weighted by atomic mass is 9.44. The monoisotopic (exact) mass is 416 g/mol. The van der Waals surface area contributed by atoms with Crippen molar-refractivity contribution in [3.63, 3.8) is 0 Å². The molecule has 3 saturated carbocycles. The van der Waals surface area contributed by atoms with Crippen molar-refractivity contribution in [1.29, 1.82) is 0 Å². The van der Waals surface area contributed by atoms with E-state index in [-0.39, 0.29) is 11.6 Å². The van der Waals surface area contributed by atoms with Gasteiger partial charge >= 0.3 is 0 Å². The Labute approximate surface area is 182 Å². The van der Waals surface area contributed by atoms with Crippen LogP contribution >= 0.6 is 0 Å². The van der Waals surface area contributed by atoms with E-state index in [1.165, 1.54) is 32.1 Å². The molecule has 4 nitrogen and oxygen atoms in total. The molecule has 2 heterocycles. The van der Waals surface area contributed by atoms with Crippen LogP contribution in [0.25, 0.3) is 0 Å². The van der Waals surface area contributed by atoms with Crippen molar-refractivity contribution in [1.82, 2.24) is 0 Å². The van der Waals surface area contributed by atoms with Gasteiger partial charge in [0.05, 0.1) is 26.4 Å². The van der Waals surface area contributed by atoms with Crippen molar-refractivity contribution in [3.05, 3.63) is 11.6 Å². The van der Waals surface area contributed by atoms with Crippen molar-refractivity contribution in [2.45, 2.75) is 84.2 Å². The number of fused-ring (bicyclic) bond motifs is 5. The van der Waals surface area contributed by atoms with E-state index in [0.717, 1.165) is 62.9 Å². The van der Waals surface area contributed by atoms with Gasteiger partial charge in [0.1, 0.15) is 0 Å². The average Bonchev–Trinajstić information content (AvgIpc) is 3.41. The Morgan fingerprint density at radius 2 is 1.60 bits per heavy atom. The molecular weight excluding hydrogens is 376 g/mol. The highest BCUT2D eigenvalue weighted by Crippen LogP contribution is 2.70. The molecule has 6 rings (SSSR count). The molecule has 0 radical (unpaired) electrons. The second-order valence-corrected chi connectivity index (χ2v) is 12.0. The number of rotatable bonds is 1. The van der Waals surface area contributed by atoms with Crippen LogP contribution in [0.4, 0.5) is 0 Å². The third-order valence-corrected chi connectivity index (χ3v) is 10.7. The molecule has 0 N–H and O–H groups in total. The van der Waals surface area contributed by atoms with Crippen molar-refractivity contribution in [3.8, 4) is 0 Å². The lowest BCUT2D eigenvalue weighted by molar-refractivity contribution is -0.221. The minimum atomic E-state index is -0.371. The summed E-state index contributed by atoms with van der Waals surface area (Å²) >= 11 is 0. The summed E-state index contributed by atoms with van der Waals surface area (Å²) in [5, 5.41) is 0. The first-order chi connectivity index (χ1) is 14.3. The molecule has 5 fully saturated rings. The van der Waals surface area contributed by atoms with Crippen LogP contribution in [-0.2, 0) is 18.9 Å². The van der Waals surface area contributed by atoms with Gasteiger partial charge in [-0.05, 0) is 73.5 Å². The number of allylic oxidation sites excluding steroid dienone is 1. The topological polar surface area (TPSA) is 36.9 Å². The van der Waals surface area contributed by atoms with E-state index in [4.69, 9.17) is 18.9 Å². The summed E-state index contributed by atoms with van der Waals surface area (Å²) in [7, 11) is 0. The Morgan fingerprint density at radius 3 is 2.33 bits per heavy atom. The van der Waals surface area contributed by atoms with Gasteiger partial charge in [-0.1, -0.05) is 32.4 Å². The Morgan fingerprint density at radius 1 is 0.900 bits per heavy atom. The minimum Gasteiger partial charge on any atom is -0.348 e. The molecule has 4 unspecified atom stereocenters. The quantitative estimate of drug-likeness (QED) is 0.542. The fourth-order valence-electron chi connectivity index (χ4n) is 9.66. The average molecular weight is 417 g/mol. The highest BCUT2D eigenvalue weighted by Gasteiger charge is 2.65. The molecule has 4 heteroatoms. The van der Waals surface area contributed by atoms with Gasteiger partial charge in [-0.2, -0.15) is 0 Å². The van der Waals surface area contributed by atoms with Crippen LogP contribution in [-0.4, -0.2) is 38.0 Å². The van der Waals surface area contributed by atoms with E-state index in [2.05, 4.69) is 33.8 Å². The lowest BCUT2D eigenvalue weighted by Crippen LogP contribution is -2.56. The maximum Gasteiger partial charge on any atom is 0.172 e. The maximum atomic E-state index is 6.21. The van der Waals surface area contributed by atoms with Gasteiger partial charge in [0.25, 0.3) is 0 Å². The predicted molar refractivity (Wildman–Crippen MR) is 115 cm³/mol. The normalized spacial score (nSPS) is 51.3. The zero-order valence-electron chi connectivity index (χ0n) is 19.4. The summed E-state index contributed by atoms with van der Waals surface area (Å²) in [5.41, 5.74) is 2.28. The SMILES string of the molecule is C[C@@H]1C[C@@]2(C)C(CCC2C2(C)OCCO2)C2CC=C3CC4(CC[C@]3(C)C21)OCCO4. The van der Waals surface area contributed by atoms with Gasteiger partial charge in [-0.15, -0.1) is 0 Å². The highest BCUT2D eigenvalue weighted by molar-refractivity contribution is 5.27. The first-order valence-corrected chi connectivity index (χ1v) is 12.6. The van der Waals surface area contributed by atoms with Crippen LogP contribution in [0.15, 0.2) is 11.6 Å². The molecule has 0 aromatic rings. The Kier molecular flexibility index (Phi) is 4.42. The largest absolute Gasteiger partial charge is 0.348 e. The van der Waals surface area contributed by atoms with Crippen molar-refractivity contribution >= 4 is 0 Å². The van der Waals surface area contributed by atoms with Gasteiger partial charge < -0.3 is 18.9 Å². The molecule has 0 aromatic carbocycles. The van der Waals surface area contributed by atoms with Crippen molar-refractivity contribution in [2.75, 3.05) is 26.4 Å². The fraction of sp³-hybridized carbons (Fsp3) is 0.923. The Balaban J connectivity index is 1.32. The van der Waals surface area contributed by atoms with Crippen molar-refractivity contribution in [2.24, 2.45) is 40.4 Å². The smallest absolute Gasteiger partial charge is 0.172 e. The molecule has 0 bridgehead atoms. The van der Waals surface area contributed by atoms with Gasteiger partial charge in [0.15, 0.2) is 11.6 Å². The molecular formula is C26H40O4. The standard InChI is InChI=1S/C26H40O4/c1-17-15-24(3)20(7-8-21(24)25(4)27-11-12-28-25)19-6-5-18-16-26(29-13-14-30-26)10-9-23(18,2)22(17)19/h5,17,19-22H,6-16H2,1-4H3/t17-,19?,20?,21?,22?,23+,24+/m1/s1. The van der Waals surface area contributed by atoms with Gasteiger partial charge in [-0.3, -0.25) is 0 Å². The predicted octanol–water partition coefficient (Wildman–Crippen LogP) is 5.32. The van der Waals surface area contributed by atoms with E-state index in [0.29, 0.717) is 16.7 Å². The van der Waals surface area contributed by atoms with Crippen LogP contribution in [0.3, 0.4) is 0 Å². The van der Waals surface area contributed by atoms with E-state index < -0.39 is 0 Å². The third-order valence-electron chi connectivity index (χ3n) is 10.7. The number of hydrogen-bond donors (Lipinski definition) is 0. The molecule has 1 spiro atoms. The van der Waals surface area contributed by atoms with Crippen LogP contribution in [0.5, 0.6) is 0 Å². The molecule has 7 atom stereocenters. The van der Waals surface area contributed by atoms with Crippen LogP contribution in [0, 0.1) is 40.4 Å². The Bertz CT molecular complexity index is 733. The molecule has 6 aliphatic rings. The molecule has 0 amide bonds. The molecule has 2 aliphatic heterocycles. The number of hydrogen-bond acceptors (Lipinski definition) is 4. The zero-order chi connectivity index (χ0) is 20.8. The summed E-state index contributed by atoms with van der Waals surface area (Å²) in [5.74, 6) is 2.94. The maximum absolute atomic E-state index is 6.21. The van der Waals surface area contributed by atoms with Crippen LogP contribution in [0.1, 0.15) is 72.6 Å². The van der Waals surface area contributed by atoms with Gasteiger partial charge in [-0.25, -0.2) is 0 Å². The summed E-state index contributed by atoms with van der Waals surface area (Å²) < 4.78 is 24.6. The fourth-order valence-corrected chi connectivity index (χ4v) is 9.66. The first kappa shape index (κ1) is 20.2. The highest BCUT2D eigenvalue weighted by atomic mass is 16.7. The lowest BCUT2D eigenvalue weighted by Gasteiger charge is -2.61. The van der Waals surface area contributed by atoms with E-state index >= 15 is 0 Å². The minimum absolute atomic E-state index is 0.311. The van der Waals surface area contributed by atoms with Gasteiger partial charge in [0, 0.05) is 18.8 Å². The molecule has 0 aromatic heterocycles. The summed E-state index contributed by atoms with van der Waals surface area (Å²) in [6.07, 6.45) is 11.0. The van der Waals surface area contributed by atoms with E-state index in [9.17, 15) is 0 Å². The van der Waals surface area contributed by atoms with Gasteiger partial charge in [0.2, 0.25) is 0 Å². The summed E-state index contributed by atoms with van der Waals surface area (Å²) in [6.45, 7) is 13.0. The molecule has 168 valence electrons. The van der Waals surface area contributed by atoms with E-state index in [1.54, 1.807) is 5.57 Å². The van der Waals surface area contributed by atoms with Crippen molar-refractivity contribution < 1.29 is 18.9 Å². The molecule has 4 aliphatic carbocycles. The third kappa shape index (κ3) is 2.60. The zero-order valence-corrected chi connectivity index (χ0v) is 19.4. The summed E-state index contributed by atoms with van der Waals surface area (Å²) in [6, 6.07) is 0. The number of ether oxygens (including phenoxy) is 4. The first-order valence-electron chi connectivity index (χ1n) is 12.6. The second kappa shape index (κ2) is 6.56.